The van der Waals surface area contributed by atoms with Crippen LogP contribution in [0.1, 0.15) is 60.0 Å². The van der Waals surface area contributed by atoms with Gasteiger partial charge in [-0.25, -0.2) is 18.7 Å². The van der Waals surface area contributed by atoms with Crippen molar-refractivity contribution in [1.29, 1.82) is 0 Å². The van der Waals surface area contributed by atoms with E-state index in [1.165, 1.54) is 24.3 Å². The van der Waals surface area contributed by atoms with E-state index in [4.69, 9.17) is 4.74 Å². The Kier molecular flexibility index (Phi) is 6.02. The summed E-state index contributed by atoms with van der Waals surface area (Å²) in [7, 11) is 0. The quantitative estimate of drug-likeness (QED) is 0.399. The van der Waals surface area contributed by atoms with Crippen LogP contribution in [0.25, 0.3) is 5.65 Å². The van der Waals surface area contributed by atoms with E-state index >= 15 is 0 Å². The molecule has 1 saturated carbocycles. The lowest BCUT2D eigenvalue weighted by Crippen LogP contribution is -2.25. The average Bonchev–Trinajstić information content (AvgIpc) is 3.62. The molecular formula is C25H23F2N5O3. The first-order valence-corrected chi connectivity index (χ1v) is 11.3. The lowest BCUT2D eigenvalue weighted by molar-refractivity contribution is 0.101. The summed E-state index contributed by atoms with van der Waals surface area (Å²) in [6.07, 6.45) is 4.66. The van der Waals surface area contributed by atoms with E-state index in [1.807, 2.05) is 13.1 Å². The van der Waals surface area contributed by atoms with Crippen molar-refractivity contribution in [3.8, 4) is 5.75 Å². The fourth-order valence-corrected chi connectivity index (χ4v) is 3.80. The Hall–Kier alpha value is -4.08. The number of hydrogen-bond acceptors (Lipinski definition) is 5. The molecule has 4 aromatic heterocycles. The molecule has 0 spiro atoms. The normalized spacial score (nSPS) is 14.3. The van der Waals surface area contributed by atoms with Crippen molar-refractivity contribution < 1.29 is 18.3 Å². The van der Waals surface area contributed by atoms with Crippen LogP contribution in [-0.4, -0.2) is 31.4 Å². The van der Waals surface area contributed by atoms with Gasteiger partial charge in [0, 0.05) is 36.6 Å². The second kappa shape index (κ2) is 9.28. The van der Waals surface area contributed by atoms with Gasteiger partial charge in [-0.2, -0.15) is 0 Å². The van der Waals surface area contributed by atoms with Gasteiger partial charge in [-0.1, -0.05) is 12.1 Å². The van der Waals surface area contributed by atoms with Crippen LogP contribution < -0.4 is 15.6 Å². The van der Waals surface area contributed by atoms with Gasteiger partial charge in [0.05, 0.1) is 11.7 Å². The van der Waals surface area contributed by atoms with Gasteiger partial charge in [0.2, 0.25) is 0 Å². The molecule has 35 heavy (non-hydrogen) atoms. The minimum Gasteiger partial charge on any atom is -0.489 e. The Morgan fingerprint density at radius 3 is 2.74 bits per heavy atom. The number of imidazole rings is 1. The molecule has 1 aliphatic carbocycles. The van der Waals surface area contributed by atoms with Crippen molar-refractivity contribution in [2.75, 3.05) is 11.9 Å². The van der Waals surface area contributed by atoms with Crippen LogP contribution in [0.3, 0.4) is 0 Å². The molecule has 1 N–H and O–H groups in total. The topological polar surface area (TPSA) is 90.5 Å². The predicted octanol–water partition coefficient (Wildman–Crippen LogP) is 4.60. The molecule has 4 aromatic rings. The molecule has 0 unspecified atom stereocenters. The summed E-state index contributed by atoms with van der Waals surface area (Å²) in [4.78, 5) is 33.4. The number of carbonyl (C=O) groups excluding carboxylic acids is 1. The van der Waals surface area contributed by atoms with E-state index in [1.54, 1.807) is 39.6 Å². The van der Waals surface area contributed by atoms with Crippen molar-refractivity contribution in [3.63, 3.8) is 0 Å². The Balaban J connectivity index is 1.44. The van der Waals surface area contributed by atoms with Crippen molar-refractivity contribution in [2.24, 2.45) is 0 Å². The molecule has 1 amide bonds. The number of rotatable bonds is 8. The molecule has 0 radical (unpaired) electrons. The first kappa shape index (κ1) is 22.7. The molecule has 10 heteroatoms. The Labute approximate surface area is 199 Å². The zero-order valence-corrected chi connectivity index (χ0v) is 18.9. The number of alkyl halides is 2. The van der Waals surface area contributed by atoms with Gasteiger partial charge >= 0.3 is 0 Å². The summed E-state index contributed by atoms with van der Waals surface area (Å²) in [6.45, 7) is 2.00. The number of carbonyl (C=O) groups is 1. The number of aromatic nitrogens is 4. The van der Waals surface area contributed by atoms with Crippen LogP contribution in [0, 0.1) is 0 Å². The van der Waals surface area contributed by atoms with Gasteiger partial charge < -0.3 is 19.0 Å². The van der Waals surface area contributed by atoms with Gasteiger partial charge in [0.25, 0.3) is 17.9 Å². The summed E-state index contributed by atoms with van der Waals surface area (Å²) in [5.41, 5.74) is 1.19. The maximum atomic E-state index is 13.0. The summed E-state index contributed by atoms with van der Waals surface area (Å²) in [5, 5.41) is 2.73. The van der Waals surface area contributed by atoms with Crippen LogP contribution in [0.15, 0.2) is 65.8 Å². The molecule has 180 valence electrons. The van der Waals surface area contributed by atoms with E-state index in [-0.39, 0.29) is 23.9 Å². The molecule has 0 aromatic carbocycles. The molecule has 1 aliphatic rings. The highest BCUT2D eigenvalue weighted by Crippen LogP contribution is 2.40. The molecule has 1 fully saturated rings. The predicted molar refractivity (Wildman–Crippen MR) is 125 cm³/mol. The highest BCUT2D eigenvalue weighted by Gasteiger charge is 2.26. The lowest BCUT2D eigenvalue weighted by atomic mass is 10.2. The van der Waals surface area contributed by atoms with Crippen LogP contribution >= 0.6 is 0 Å². The molecule has 0 bridgehead atoms. The number of hydrogen-bond donors (Lipinski definition) is 1. The van der Waals surface area contributed by atoms with Gasteiger partial charge in [0.1, 0.15) is 35.1 Å². The number of amides is 1. The van der Waals surface area contributed by atoms with Crippen LogP contribution in [0.5, 0.6) is 5.75 Å². The number of fused-ring (bicyclic) bond motifs is 1. The van der Waals surface area contributed by atoms with Gasteiger partial charge in [0.15, 0.2) is 0 Å². The van der Waals surface area contributed by atoms with E-state index in [0.29, 0.717) is 23.0 Å². The zero-order valence-electron chi connectivity index (χ0n) is 18.9. The standard InChI is InChI=1S/C25H23F2N5O3/c1-15(32-10-3-2-7-23(32)33)14-35-21-11-22-29-19(16-8-9-16)12-31(22)13-20(21)30-25(34)18-6-4-5-17(28-18)24(26)27/h2-7,10-13,15-16,24H,8-9,14H2,1H3,(H,30,34)/t15-/m0/s1. The SMILES string of the molecule is C[C@@H](COc1cc2nc(C3CC3)cn2cc1NC(=O)c1cccc(C(F)F)n1)n1ccccc1=O. The van der Waals surface area contributed by atoms with Gasteiger partial charge in [-0.05, 0) is 38.0 Å². The fourth-order valence-electron chi connectivity index (χ4n) is 3.80. The number of nitrogens with zero attached hydrogens (tertiary/aromatic N) is 4. The second-order valence-corrected chi connectivity index (χ2v) is 8.57. The molecule has 1 atom stereocenters. The highest BCUT2D eigenvalue weighted by atomic mass is 19.3. The van der Waals surface area contributed by atoms with Crippen molar-refractivity contribution in [2.45, 2.75) is 38.2 Å². The summed E-state index contributed by atoms with van der Waals surface area (Å²) in [5.74, 6) is 0.134. The third kappa shape index (κ3) is 4.91. The van der Waals surface area contributed by atoms with E-state index in [0.717, 1.165) is 18.5 Å². The van der Waals surface area contributed by atoms with Gasteiger partial charge in [-0.3, -0.25) is 9.59 Å². The van der Waals surface area contributed by atoms with Crippen molar-refractivity contribution in [1.82, 2.24) is 18.9 Å². The Bertz CT molecular complexity index is 1440. The average molecular weight is 479 g/mol. The summed E-state index contributed by atoms with van der Waals surface area (Å²) < 4.78 is 35.5. The zero-order chi connectivity index (χ0) is 24.5. The number of halogens is 2. The minimum absolute atomic E-state index is 0.137. The van der Waals surface area contributed by atoms with E-state index in [2.05, 4.69) is 15.3 Å². The number of ether oxygens (including phenoxy) is 1. The maximum absolute atomic E-state index is 13.0. The van der Waals surface area contributed by atoms with Crippen molar-refractivity contribution >= 4 is 17.2 Å². The molecule has 4 heterocycles. The highest BCUT2D eigenvalue weighted by molar-refractivity contribution is 6.03. The minimum atomic E-state index is -2.78. The smallest absolute Gasteiger partial charge is 0.280 e. The summed E-state index contributed by atoms with van der Waals surface area (Å²) >= 11 is 0. The number of pyridine rings is 3. The number of anilines is 1. The third-order valence-electron chi connectivity index (χ3n) is 5.85. The summed E-state index contributed by atoms with van der Waals surface area (Å²) in [6, 6.07) is 10.2. The fraction of sp³-hybridized carbons (Fsp3) is 0.280. The number of nitrogens with one attached hydrogen (secondary N) is 1. The first-order valence-electron chi connectivity index (χ1n) is 11.3. The first-order chi connectivity index (χ1) is 16.9. The van der Waals surface area contributed by atoms with Crippen LogP contribution in [0.4, 0.5) is 14.5 Å². The molecule has 5 rings (SSSR count). The van der Waals surface area contributed by atoms with E-state index in [9.17, 15) is 18.4 Å². The Morgan fingerprint density at radius 2 is 2.00 bits per heavy atom. The van der Waals surface area contributed by atoms with Gasteiger partial charge in [-0.15, -0.1) is 0 Å². The van der Waals surface area contributed by atoms with Crippen LogP contribution in [-0.2, 0) is 0 Å². The Morgan fingerprint density at radius 1 is 1.17 bits per heavy atom. The largest absolute Gasteiger partial charge is 0.489 e. The third-order valence-corrected chi connectivity index (χ3v) is 5.85. The van der Waals surface area contributed by atoms with Crippen molar-refractivity contribution in [3.05, 3.63) is 88.5 Å². The monoisotopic (exact) mass is 479 g/mol. The lowest BCUT2D eigenvalue weighted by Gasteiger charge is -2.18. The molecule has 8 nitrogen and oxygen atoms in total. The van der Waals surface area contributed by atoms with E-state index < -0.39 is 18.0 Å². The molecular weight excluding hydrogens is 456 g/mol. The molecule has 0 aliphatic heterocycles. The maximum Gasteiger partial charge on any atom is 0.280 e. The second-order valence-electron chi connectivity index (χ2n) is 8.57. The van der Waals surface area contributed by atoms with Crippen LogP contribution in [0.2, 0.25) is 0 Å². The molecule has 0 saturated heterocycles.